The van der Waals surface area contributed by atoms with Gasteiger partial charge in [0.2, 0.25) is 6.41 Å². The van der Waals surface area contributed by atoms with Crippen molar-refractivity contribution in [2.45, 2.75) is 63.6 Å². The second-order valence-corrected chi connectivity index (χ2v) is 15.5. The van der Waals surface area contributed by atoms with Crippen molar-refractivity contribution in [3.05, 3.63) is 72.2 Å². The van der Waals surface area contributed by atoms with E-state index in [9.17, 15) is 4.79 Å². The zero-order valence-electron chi connectivity index (χ0n) is 21.0. The lowest BCUT2D eigenvalue weighted by Gasteiger charge is -2.49. The third kappa shape index (κ3) is 5.85. The van der Waals surface area contributed by atoms with E-state index >= 15 is 0 Å². The predicted octanol–water partition coefficient (Wildman–Crippen LogP) is 4.58. The number of thiazole rings is 1. The lowest BCUT2D eigenvalue weighted by molar-refractivity contribution is -0.110. The van der Waals surface area contributed by atoms with Crippen LogP contribution in [-0.4, -0.2) is 44.9 Å². The van der Waals surface area contributed by atoms with Crippen molar-refractivity contribution in [2.24, 2.45) is 0 Å². The molecule has 0 unspecified atom stereocenters. The quantitative estimate of drug-likeness (QED) is 0.376. The normalized spacial score (nSPS) is 16.8. The first-order valence-corrected chi connectivity index (χ1v) is 15.4. The summed E-state index contributed by atoms with van der Waals surface area (Å²) in [5.41, 5.74) is 0. The standard InChI is InChI=1S/C22H26N2OSSi.C6H11NO/c1-22(2,3)27(19-10-6-4-7-11-19,20-12-8-5-9-13-20)25-18-16-24(17-18)21-23-14-15-26-21;8-5-7-6-3-1-2-4-6/h4-15,18H,16-17H2,1-3H3;5-6H,1-4H2,(H,7,8). The van der Waals surface area contributed by atoms with E-state index in [1.807, 2.05) is 11.6 Å². The van der Waals surface area contributed by atoms with E-state index in [2.05, 4.69) is 96.6 Å². The molecule has 0 spiro atoms. The summed E-state index contributed by atoms with van der Waals surface area (Å²) < 4.78 is 7.11. The van der Waals surface area contributed by atoms with Crippen molar-refractivity contribution in [3.63, 3.8) is 0 Å². The molecule has 0 atom stereocenters. The first-order chi connectivity index (χ1) is 16.9. The molecule has 1 N–H and O–H groups in total. The molecule has 2 aromatic carbocycles. The van der Waals surface area contributed by atoms with Gasteiger partial charge in [-0.05, 0) is 28.3 Å². The number of anilines is 1. The zero-order chi connectivity index (χ0) is 24.7. The van der Waals surface area contributed by atoms with E-state index in [4.69, 9.17) is 4.43 Å². The molecule has 5 rings (SSSR count). The first-order valence-electron chi connectivity index (χ1n) is 12.6. The number of hydrogen-bond acceptors (Lipinski definition) is 5. The predicted molar refractivity (Wildman–Crippen MR) is 148 cm³/mol. The van der Waals surface area contributed by atoms with Crippen LogP contribution in [0.4, 0.5) is 5.13 Å². The van der Waals surface area contributed by atoms with Gasteiger partial charge in [0.1, 0.15) is 0 Å². The molecule has 2 aliphatic rings. The van der Waals surface area contributed by atoms with Crippen LogP contribution in [0.2, 0.25) is 5.04 Å². The minimum Gasteiger partial charge on any atom is -0.401 e. The summed E-state index contributed by atoms with van der Waals surface area (Å²) in [5, 5.41) is 8.60. The highest BCUT2D eigenvalue weighted by atomic mass is 32.1. The molecule has 186 valence electrons. The summed E-state index contributed by atoms with van der Waals surface area (Å²) in [6.07, 6.45) is 7.83. The lowest BCUT2D eigenvalue weighted by atomic mass is 10.2. The van der Waals surface area contributed by atoms with Crippen molar-refractivity contribution < 1.29 is 9.22 Å². The van der Waals surface area contributed by atoms with E-state index in [0.29, 0.717) is 6.04 Å². The maximum Gasteiger partial charge on any atom is 0.261 e. The minimum absolute atomic E-state index is 0.0251. The molecule has 1 saturated heterocycles. The van der Waals surface area contributed by atoms with Gasteiger partial charge in [0.15, 0.2) is 5.13 Å². The largest absolute Gasteiger partial charge is 0.401 e. The van der Waals surface area contributed by atoms with E-state index in [-0.39, 0.29) is 11.1 Å². The number of amides is 1. The van der Waals surface area contributed by atoms with Gasteiger partial charge in [-0.15, -0.1) is 11.3 Å². The summed E-state index contributed by atoms with van der Waals surface area (Å²) in [7, 11) is -2.44. The van der Waals surface area contributed by atoms with Crippen molar-refractivity contribution in [1.82, 2.24) is 10.3 Å². The molecule has 35 heavy (non-hydrogen) atoms. The smallest absolute Gasteiger partial charge is 0.261 e. The molecule has 2 fully saturated rings. The van der Waals surface area contributed by atoms with Crippen LogP contribution in [-0.2, 0) is 9.22 Å². The summed E-state index contributed by atoms with van der Waals surface area (Å²) in [5.74, 6) is 0. The average Bonchev–Trinajstić information content (AvgIpc) is 3.54. The molecular weight excluding hydrogens is 470 g/mol. The molecule has 0 radical (unpaired) electrons. The van der Waals surface area contributed by atoms with Crippen LogP contribution in [0.5, 0.6) is 0 Å². The summed E-state index contributed by atoms with van der Waals surface area (Å²) >= 11 is 1.70. The Morgan fingerprint density at radius 2 is 1.57 bits per heavy atom. The van der Waals surface area contributed by atoms with Crippen LogP contribution in [0.25, 0.3) is 0 Å². The summed E-state index contributed by atoms with van der Waals surface area (Å²) in [6.45, 7) is 8.82. The number of rotatable bonds is 7. The Morgan fingerprint density at radius 1 is 1.00 bits per heavy atom. The Balaban J connectivity index is 0.000000308. The Hall–Kier alpha value is -2.48. The number of carbonyl (C=O) groups excluding carboxylic acids is 1. The van der Waals surface area contributed by atoms with E-state index in [1.165, 1.54) is 36.1 Å². The highest BCUT2D eigenvalue weighted by Crippen LogP contribution is 2.39. The van der Waals surface area contributed by atoms with Crippen LogP contribution >= 0.6 is 11.3 Å². The Labute approximate surface area is 214 Å². The summed E-state index contributed by atoms with van der Waals surface area (Å²) in [6, 6.07) is 22.2. The zero-order valence-corrected chi connectivity index (χ0v) is 22.8. The number of aromatic nitrogens is 1. The minimum atomic E-state index is -2.44. The van der Waals surface area contributed by atoms with E-state index < -0.39 is 8.32 Å². The molecule has 1 aliphatic heterocycles. The Kier molecular flexibility index (Phi) is 8.41. The summed E-state index contributed by atoms with van der Waals surface area (Å²) in [4.78, 5) is 16.6. The van der Waals surface area contributed by atoms with Gasteiger partial charge in [-0.3, -0.25) is 4.79 Å². The van der Waals surface area contributed by atoms with Gasteiger partial charge in [-0.2, -0.15) is 0 Å². The van der Waals surface area contributed by atoms with Gasteiger partial charge in [-0.1, -0.05) is 94.3 Å². The third-order valence-electron chi connectivity index (χ3n) is 6.96. The Morgan fingerprint density at radius 3 is 2.03 bits per heavy atom. The molecule has 3 aromatic rings. The van der Waals surface area contributed by atoms with Gasteiger partial charge >= 0.3 is 0 Å². The SMILES string of the molecule is CC(C)(C)[Si](OC1CN(c2nccs2)C1)(c1ccccc1)c1ccccc1.O=CNC1CCCC1. The molecule has 1 saturated carbocycles. The fourth-order valence-corrected chi connectivity index (χ4v) is 10.5. The highest BCUT2D eigenvalue weighted by molar-refractivity contribution is 7.13. The molecule has 2 heterocycles. The van der Waals surface area contributed by atoms with Crippen molar-refractivity contribution in [1.29, 1.82) is 0 Å². The number of nitrogens with zero attached hydrogens (tertiary/aromatic N) is 2. The second-order valence-electron chi connectivity index (χ2n) is 10.4. The first kappa shape index (κ1) is 25.6. The Bertz CT molecular complexity index is 990. The monoisotopic (exact) mass is 507 g/mol. The van der Waals surface area contributed by atoms with Crippen LogP contribution < -0.4 is 20.6 Å². The van der Waals surface area contributed by atoms with Crippen LogP contribution in [0, 0.1) is 0 Å². The van der Waals surface area contributed by atoms with Crippen LogP contribution in [0.15, 0.2) is 72.2 Å². The van der Waals surface area contributed by atoms with Gasteiger partial charge < -0.3 is 14.6 Å². The number of nitrogens with one attached hydrogen (secondary N) is 1. The number of hydrogen-bond donors (Lipinski definition) is 1. The molecule has 5 nitrogen and oxygen atoms in total. The topological polar surface area (TPSA) is 54.5 Å². The fraction of sp³-hybridized carbons (Fsp3) is 0.429. The molecular formula is C28H37N3O2SSi. The van der Waals surface area contributed by atoms with Gasteiger partial charge in [0.25, 0.3) is 8.32 Å². The molecule has 1 amide bonds. The lowest BCUT2D eigenvalue weighted by Crippen LogP contribution is -2.70. The van der Waals surface area contributed by atoms with E-state index in [1.54, 1.807) is 11.3 Å². The van der Waals surface area contributed by atoms with Gasteiger partial charge in [0, 0.05) is 30.7 Å². The maximum absolute atomic E-state index is 9.85. The molecule has 7 heteroatoms. The van der Waals surface area contributed by atoms with Crippen molar-refractivity contribution in [2.75, 3.05) is 18.0 Å². The highest BCUT2D eigenvalue weighted by Gasteiger charge is 2.52. The molecule has 1 aliphatic carbocycles. The fourth-order valence-electron chi connectivity index (χ4n) is 5.17. The molecule has 1 aromatic heterocycles. The van der Waals surface area contributed by atoms with E-state index in [0.717, 1.165) is 24.6 Å². The van der Waals surface area contributed by atoms with Crippen LogP contribution in [0.3, 0.4) is 0 Å². The third-order valence-corrected chi connectivity index (χ3v) is 12.9. The second kappa shape index (κ2) is 11.5. The number of benzene rings is 2. The number of carbonyl (C=O) groups is 1. The van der Waals surface area contributed by atoms with Crippen molar-refractivity contribution in [3.8, 4) is 0 Å². The average molecular weight is 508 g/mol. The van der Waals surface area contributed by atoms with Gasteiger partial charge in [0.05, 0.1) is 6.10 Å². The van der Waals surface area contributed by atoms with Gasteiger partial charge in [-0.25, -0.2) is 4.98 Å². The maximum atomic E-state index is 9.85. The van der Waals surface area contributed by atoms with Crippen molar-refractivity contribution >= 4 is 41.6 Å². The molecule has 0 bridgehead atoms. The van der Waals surface area contributed by atoms with Crippen LogP contribution in [0.1, 0.15) is 46.5 Å².